The molecule has 0 atom stereocenters. The normalized spacial score (nSPS) is 10.9. The van der Waals surface area contributed by atoms with E-state index in [1.807, 2.05) is 14.1 Å². The number of halogens is 2. The van der Waals surface area contributed by atoms with E-state index in [9.17, 15) is 4.39 Å². The summed E-state index contributed by atoms with van der Waals surface area (Å²) in [5.41, 5.74) is 6.80. The Morgan fingerprint density at radius 1 is 1.39 bits per heavy atom. The van der Waals surface area contributed by atoms with Crippen molar-refractivity contribution in [3.63, 3.8) is 0 Å². The number of anilines is 2. The Bertz CT molecular complexity index is 388. The van der Waals surface area contributed by atoms with Crippen LogP contribution in [0.2, 0.25) is 0 Å². The van der Waals surface area contributed by atoms with Gasteiger partial charge >= 0.3 is 0 Å². The Hall–Kier alpha value is -0.850. The Morgan fingerprint density at radius 2 is 2.11 bits per heavy atom. The Labute approximate surface area is 115 Å². The van der Waals surface area contributed by atoms with Gasteiger partial charge in [-0.05, 0) is 36.1 Å². The van der Waals surface area contributed by atoms with E-state index in [1.165, 1.54) is 6.07 Å². The standard InChI is InChI=1S/C12H19BrFN3O/c1-17(2)4-6-18-5-3-16-12-7-9(13)10(14)8-11(12)15/h7-8,16H,3-6,15H2,1-2H3. The molecule has 0 aliphatic heterocycles. The molecule has 0 aliphatic rings. The van der Waals surface area contributed by atoms with Crippen LogP contribution < -0.4 is 11.1 Å². The van der Waals surface area contributed by atoms with Crippen LogP contribution in [0, 0.1) is 5.82 Å². The Balaban J connectivity index is 2.29. The van der Waals surface area contributed by atoms with Crippen LogP contribution in [0.15, 0.2) is 16.6 Å². The number of nitrogens with zero attached hydrogens (tertiary/aromatic N) is 1. The third-order valence-electron chi connectivity index (χ3n) is 2.34. The van der Waals surface area contributed by atoms with Gasteiger partial charge in [0.2, 0.25) is 0 Å². The number of hydrogen-bond acceptors (Lipinski definition) is 4. The molecule has 0 bridgehead atoms. The van der Waals surface area contributed by atoms with Crippen LogP contribution in [-0.4, -0.2) is 45.3 Å². The first kappa shape index (κ1) is 15.2. The van der Waals surface area contributed by atoms with Crippen molar-refractivity contribution in [2.45, 2.75) is 0 Å². The minimum Gasteiger partial charge on any atom is -0.397 e. The summed E-state index contributed by atoms with van der Waals surface area (Å²) in [6.07, 6.45) is 0. The van der Waals surface area contributed by atoms with E-state index >= 15 is 0 Å². The molecule has 6 heteroatoms. The molecule has 1 aromatic rings. The summed E-state index contributed by atoms with van der Waals surface area (Å²) in [5.74, 6) is -0.361. The highest BCUT2D eigenvalue weighted by molar-refractivity contribution is 9.10. The van der Waals surface area contributed by atoms with Crippen molar-refractivity contribution in [1.82, 2.24) is 4.90 Å². The molecule has 0 saturated heterocycles. The zero-order chi connectivity index (χ0) is 13.5. The largest absolute Gasteiger partial charge is 0.397 e. The van der Waals surface area contributed by atoms with E-state index in [-0.39, 0.29) is 5.82 Å². The first-order valence-electron chi connectivity index (χ1n) is 5.71. The number of nitrogen functional groups attached to an aromatic ring is 1. The topological polar surface area (TPSA) is 50.5 Å². The first-order valence-corrected chi connectivity index (χ1v) is 6.51. The molecule has 0 saturated carbocycles. The summed E-state index contributed by atoms with van der Waals surface area (Å²) in [6, 6.07) is 2.92. The first-order chi connectivity index (χ1) is 8.50. The molecule has 0 radical (unpaired) electrons. The second kappa shape index (κ2) is 7.56. The van der Waals surface area contributed by atoms with Crippen molar-refractivity contribution in [3.8, 4) is 0 Å². The summed E-state index contributed by atoms with van der Waals surface area (Å²) < 4.78 is 19.0. The lowest BCUT2D eigenvalue weighted by atomic mass is 10.2. The van der Waals surface area contributed by atoms with Gasteiger partial charge in [0.05, 0.1) is 29.1 Å². The lowest BCUT2D eigenvalue weighted by Gasteiger charge is -2.12. The Morgan fingerprint density at radius 3 is 2.78 bits per heavy atom. The summed E-state index contributed by atoms with van der Waals surface area (Å²) in [5, 5.41) is 3.11. The smallest absolute Gasteiger partial charge is 0.139 e. The van der Waals surface area contributed by atoms with Crippen LogP contribution in [0.5, 0.6) is 0 Å². The molecule has 18 heavy (non-hydrogen) atoms. The lowest BCUT2D eigenvalue weighted by molar-refractivity contribution is 0.126. The summed E-state index contributed by atoms with van der Waals surface area (Å²) in [4.78, 5) is 2.06. The predicted molar refractivity (Wildman–Crippen MR) is 76.4 cm³/mol. The van der Waals surface area contributed by atoms with Crippen LogP contribution >= 0.6 is 15.9 Å². The highest BCUT2D eigenvalue weighted by Gasteiger charge is 2.05. The van der Waals surface area contributed by atoms with Gasteiger partial charge in [0.15, 0.2) is 0 Å². The summed E-state index contributed by atoms with van der Waals surface area (Å²) in [6.45, 7) is 2.81. The monoisotopic (exact) mass is 319 g/mol. The van der Waals surface area contributed by atoms with Crippen LogP contribution in [0.4, 0.5) is 15.8 Å². The molecule has 0 spiro atoms. The highest BCUT2D eigenvalue weighted by Crippen LogP contribution is 2.26. The molecule has 0 amide bonds. The fourth-order valence-electron chi connectivity index (χ4n) is 1.32. The maximum Gasteiger partial charge on any atom is 0.139 e. The number of hydrogen-bond donors (Lipinski definition) is 2. The van der Waals surface area contributed by atoms with Gasteiger partial charge < -0.3 is 20.7 Å². The van der Waals surface area contributed by atoms with Crippen molar-refractivity contribution in [2.75, 3.05) is 51.4 Å². The minimum atomic E-state index is -0.361. The molecule has 0 unspecified atom stereocenters. The number of rotatable bonds is 7. The lowest BCUT2D eigenvalue weighted by Crippen LogP contribution is -2.20. The molecule has 1 aromatic carbocycles. The number of benzene rings is 1. The third-order valence-corrected chi connectivity index (χ3v) is 2.94. The second-order valence-electron chi connectivity index (χ2n) is 4.20. The van der Waals surface area contributed by atoms with Gasteiger partial charge in [-0.1, -0.05) is 0 Å². The van der Waals surface area contributed by atoms with E-state index in [4.69, 9.17) is 10.5 Å². The molecule has 4 nitrogen and oxygen atoms in total. The molecule has 102 valence electrons. The van der Waals surface area contributed by atoms with E-state index in [0.29, 0.717) is 35.6 Å². The van der Waals surface area contributed by atoms with E-state index in [1.54, 1.807) is 6.07 Å². The minimum absolute atomic E-state index is 0.361. The number of nitrogens with two attached hydrogens (primary N) is 1. The number of ether oxygens (including phenoxy) is 1. The van der Waals surface area contributed by atoms with Gasteiger partial charge in [-0.3, -0.25) is 0 Å². The maximum atomic E-state index is 13.1. The van der Waals surface area contributed by atoms with Gasteiger partial charge in [0, 0.05) is 19.2 Å². The zero-order valence-corrected chi connectivity index (χ0v) is 12.3. The number of likely N-dealkylation sites (N-methyl/N-ethyl adjacent to an activating group) is 1. The molecule has 3 N–H and O–H groups in total. The van der Waals surface area contributed by atoms with E-state index < -0.39 is 0 Å². The molecule has 0 fully saturated rings. The van der Waals surface area contributed by atoms with Crippen LogP contribution in [-0.2, 0) is 4.74 Å². The molecule has 0 aromatic heterocycles. The zero-order valence-electron chi connectivity index (χ0n) is 10.7. The van der Waals surface area contributed by atoms with Crippen molar-refractivity contribution in [3.05, 3.63) is 22.4 Å². The highest BCUT2D eigenvalue weighted by atomic mass is 79.9. The fourth-order valence-corrected chi connectivity index (χ4v) is 1.67. The van der Waals surface area contributed by atoms with Crippen LogP contribution in [0.25, 0.3) is 0 Å². The SMILES string of the molecule is CN(C)CCOCCNc1cc(Br)c(F)cc1N. The average molecular weight is 320 g/mol. The van der Waals surface area contributed by atoms with Gasteiger partial charge in [-0.2, -0.15) is 0 Å². The van der Waals surface area contributed by atoms with Crippen molar-refractivity contribution < 1.29 is 9.13 Å². The summed E-state index contributed by atoms with van der Waals surface area (Å²) >= 11 is 3.12. The molecule has 1 rings (SSSR count). The van der Waals surface area contributed by atoms with Gasteiger partial charge in [-0.15, -0.1) is 0 Å². The average Bonchev–Trinajstić information content (AvgIpc) is 2.29. The van der Waals surface area contributed by atoms with Crippen molar-refractivity contribution in [1.29, 1.82) is 0 Å². The van der Waals surface area contributed by atoms with Crippen LogP contribution in [0.3, 0.4) is 0 Å². The molecule has 0 heterocycles. The van der Waals surface area contributed by atoms with Crippen LogP contribution in [0.1, 0.15) is 0 Å². The van der Waals surface area contributed by atoms with Gasteiger partial charge in [0.25, 0.3) is 0 Å². The van der Waals surface area contributed by atoms with E-state index in [2.05, 4.69) is 26.1 Å². The van der Waals surface area contributed by atoms with Gasteiger partial charge in [0.1, 0.15) is 5.82 Å². The Kier molecular flexibility index (Phi) is 6.38. The fraction of sp³-hybridized carbons (Fsp3) is 0.500. The summed E-state index contributed by atoms with van der Waals surface area (Å²) in [7, 11) is 4.00. The molecular weight excluding hydrogens is 301 g/mol. The van der Waals surface area contributed by atoms with E-state index in [0.717, 1.165) is 6.54 Å². The second-order valence-corrected chi connectivity index (χ2v) is 5.05. The molecular formula is C12H19BrFN3O. The molecule has 0 aliphatic carbocycles. The maximum absolute atomic E-state index is 13.1. The van der Waals surface area contributed by atoms with Gasteiger partial charge in [-0.25, -0.2) is 4.39 Å². The number of nitrogens with one attached hydrogen (secondary N) is 1. The third kappa shape index (κ3) is 5.20. The predicted octanol–water partition coefficient (Wildman–Crippen LogP) is 2.16. The van der Waals surface area contributed by atoms with Crippen molar-refractivity contribution >= 4 is 27.3 Å². The van der Waals surface area contributed by atoms with Crippen molar-refractivity contribution in [2.24, 2.45) is 0 Å². The quantitative estimate of drug-likeness (QED) is 0.597.